The van der Waals surface area contributed by atoms with E-state index >= 15 is 0 Å². The number of nitrogens with one attached hydrogen (secondary N) is 1. The van der Waals surface area contributed by atoms with E-state index in [0.29, 0.717) is 17.8 Å². The zero-order valence-corrected chi connectivity index (χ0v) is 16.8. The summed E-state index contributed by atoms with van der Waals surface area (Å²) in [4.78, 5) is 26.2. The Morgan fingerprint density at radius 1 is 1.00 bits per heavy atom. The molecule has 0 radical (unpaired) electrons. The van der Waals surface area contributed by atoms with E-state index in [-0.39, 0.29) is 22.6 Å². The molecule has 0 saturated carbocycles. The van der Waals surface area contributed by atoms with Crippen molar-refractivity contribution in [2.45, 2.75) is 13.8 Å². The standard InChI is InChI=1S/C21H18F4N4O2/c1-11-20(12(2)29(27-11)18-5-4-13(22)9-17(18)25)21(31)28(3)10-19(30)26-16-7-14(23)6-15(24)8-16/h4-9H,10H2,1-3H3,(H,26,30). The number of hydrogen-bond acceptors (Lipinski definition) is 3. The van der Waals surface area contributed by atoms with Crippen molar-refractivity contribution < 1.29 is 27.2 Å². The van der Waals surface area contributed by atoms with E-state index in [1.807, 2.05) is 0 Å². The Morgan fingerprint density at radius 3 is 2.26 bits per heavy atom. The third kappa shape index (κ3) is 4.73. The number of anilines is 1. The molecule has 162 valence electrons. The van der Waals surface area contributed by atoms with Gasteiger partial charge in [-0.15, -0.1) is 0 Å². The van der Waals surface area contributed by atoms with Crippen LogP contribution in [0.15, 0.2) is 36.4 Å². The van der Waals surface area contributed by atoms with Gasteiger partial charge in [0.05, 0.1) is 23.5 Å². The molecule has 1 heterocycles. The zero-order chi connectivity index (χ0) is 22.9. The number of aryl methyl sites for hydroxylation is 1. The predicted molar refractivity (Wildman–Crippen MR) is 105 cm³/mol. The Labute approximate surface area is 175 Å². The summed E-state index contributed by atoms with van der Waals surface area (Å²) >= 11 is 0. The Hall–Kier alpha value is -3.69. The number of carbonyl (C=O) groups is 2. The largest absolute Gasteiger partial charge is 0.332 e. The van der Waals surface area contributed by atoms with Gasteiger partial charge in [-0.3, -0.25) is 9.59 Å². The SMILES string of the molecule is Cc1nn(-c2ccc(F)cc2F)c(C)c1C(=O)N(C)CC(=O)Nc1cc(F)cc(F)c1. The molecule has 0 bridgehead atoms. The van der Waals surface area contributed by atoms with E-state index < -0.39 is 41.6 Å². The molecule has 3 aromatic rings. The number of aromatic nitrogens is 2. The number of likely N-dealkylation sites (N-methyl/N-ethyl adjacent to an activating group) is 1. The summed E-state index contributed by atoms with van der Waals surface area (Å²) in [5.74, 6) is -4.54. The molecule has 0 saturated heterocycles. The highest BCUT2D eigenvalue weighted by Gasteiger charge is 2.24. The summed E-state index contributed by atoms with van der Waals surface area (Å²) in [7, 11) is 1.36. The van der Waals surface area contributed by atoms with E-state index in [9.17, 15) is 27.2 Å². The maximum absolute atomic E-state index is 14.2. The van der Waals surface area contributed by atoms with Crippen LogP contribution < -0.4 is 5.32 Å². The molecular formula is C21H18F4N4O2. The first-order valence-electron chi connectivity index (χ1n) is 9.10. The van der Waals surface area contributed by atoms with Crippen molar-refractivity contribution in [2.75, 3.05) is 18.9 Å². The van der Waals surface area contributed by atoms with Crippen molar-refractivity contribution in [2.24, 2.45) is 0 Å². The van der Waals surface area contributed by atoms with Crippen LogP contribution in [0.2, 0.25) is 0 Å². The van der Waals surface area contributed by atoms with Crippen LogP contribution in [-0.2, 0) is 4.79 Å². The maximum atomic E-state index is 14.2. The minimum atomic E-state index is -0.855. The van der Waals surface area contributed by atoms with E-state index in [1.165, 1.54) is 17.8 Å². The second-order valence-electron chi connectivity index (χ2n) is 6.92. The van der Waals surface area contributed by atoms with Crippen LogP contribution in [0.3, 0.4) is 0 Å². The summed E-state index contributed by atoms with van der Waals surface area (Å²) < 4.78 is 55.0. The monoisotopic (exact) mass is 434 g/mol. The molecular weight excluding hydrogens is 416 g/mol. The van der Waals surface area contributed by atoms with Gasteiger partial charge in [0.25, 0.3) is 5.91 Å². The van der Waals surface area contributed by atoms with E-state index in [4.69, 9.17) is 0 Å². The number of hydrogen-bond donors (Lipinski definition) is 1. The van der Waals surface area contributed by atoms with Crippen LogP contribution in [0.1, 0.15) is 21.7 Å². The summed E-state index contributed by atoms with van der Waals surface area (Å²) in [6, 6.07) is 5.53. The van der Waals surface area contributed by atoms with Gasteiger partial charge in [-0.25, -0.2) is 22.2 Å². The minimum Gasteiger partial charge on any atom is -0.332 e. The highest BCUT2D eigenvalue weighted by Crippen LogP contribution is 2.22. The Balaban J connectivity index is 1.79. The van der Waals surface area contributed by atoms with Gasteiger partial charge in [0.1, 0.15) is 23.1 Å². The van der Waals surface area contributed by atoms with Gasteiger partial charge in [-0.2, -0.15) is 5.10 Å². The Kier molecular flexibility index (Phi) is 6.09. The van der Waals surface area contributed by atoms with Crippen LogP contribution in [0.4, 0.5) is 23.2 Å². The first-order valence-corrected chi connectivity index (χ1v) is 9.10. The zero-order valence-electron chi connectivity index (χ0n) is 16.8. The van der Waals surface area contributed by atoms with Crippen LogP contribution in [0, 0.1) is 37.1 Å². The molecule has 0 atom stereocenters. The van der Waals surface area contributed by atoms with Crippen molar-refractivity contribution in [3.05, 3.63) is 76.6 Å². The Morgan fingerprint density at radius 2 is 1.65 bits per heavy atom. The number of benzene rings is 2. The number of halogens is 4. The third-order valence-corrected chi connectivity index (χ3v) is 4.52. The third-order valence-electron chi connectivity index (χ3n) is 4.52. The highest BCUT2D eigenvalue weighted by atomic mass is 19.1. The van der Waals surface area contributed by atoms with Crippen molar-refractivity contribution >= 4 is 17.5 Å². The lowest BCUT2D eigenvalue weighted by molar-refractivity contribution is -0.116. The highest BCUT2D eigenvalue weighted by molar-refractivity contribution is 6.00. The van der Waals surface area contributed by atoms with Gasteiger partial charge in [-0.1, -0.05) is 0 Å². The van der Waals surface area contributed by atoms with Gasteiger partial charge in [-0.05, 0) is 38.1 Å². The molecule has 0 fully saturated rings. The summed E-state index contributed by atoms with van der Waals surface area (Å²) in [6.45, 7) is 2.67. The number of amides is 2. The molecule has 0 aliphatic carbocycles. The van der Waals surface area contributed by atoms with Crippen molar-refractivity contribution in [1.29, 1.82) is 0 Å². The average molecular weight is 434 g/mol. The van der Waals surface area contributed by atoms with Gasteiger partial charge >= 0.3 is 0 Å². The molecule has 1 N–H and O–H groups in total. The van der Waals surface area contributed by atoms with Crippen molar-refractivity contribution in [3.8, 4) is 5.69 Å². The number of carbonyl (C=O) groups excluding carboxylic acids is 2. The quantitative estimate of drug-likeness (QED) is 0.622. The van der Waals surface area contributed by atoms with Gasteiger partial charge in [0.2, 0.25) is 5.91 Å². The minimum absolute atomic E-state index is 0.0328. The summed E-state index contributed by atoms with van der Waals surface area (Å²) in [5.41, 5.74) is 0.610. The average Bonchev–Trinajstić information content (AvgIpc) is 2.94. The van der Waals surface area contributed by atoms with Gasteiger partial charge in [0, 0.05) is 24.9 Å². The first kappa shape index (κ1) is 22.0. The molecule has 31 heavy (non-hydrogen) atoms. The molecule has 1 aromatic heterocycles. The number of nitrogens with zero attached hydrogens (tertiary/aromatic N) is 3. The normalized spacial score (nSPS) is 10.8. The molecule has 2 amide bonds. The number of rotatable bonds is 5. The fourth-order valence-electron chi connectivity index (χ4n) is 3.14. The smallest absolute Gasteiger partial charge is 0.257 e. The molecule has 3 rings (SSSR count). The Bertz CT molecular complexity index is 1160. The van der Waals surface area contributed by atoms with E-state index in [0.717, 1.165) is 23.1 Å². The molecule has 0 aliphatic rings. The fourth-order valence-corrected chi connectivity index (χ4v) is 3.14. The van der Waals surface area contributed by atoms with Crippen LogP contribution in [0.5, 0.6) is 0 Å². The molecule has 10 heteroatoms. The molecule has 2 aromatic carbocycles. The molecule has 0 spiro atoms. The second-order valence-corrected chi connectivity index (χ2v) is 6.92. The first-order chi connectivity index (χ1) is 14.6. The predicted octanol–water partition coefficient (Wildman–Crippen LogP) is 3.76. The maximum Gasteiger partial charge on any atom is 0.257 e. The van der Waals surface area contributed by atoms with E-state index in [1.54, 1.807) is 13.8 Å². The van der Waals surface area contributed by atoms with Crippen LogP contribution in [0.25, 0.3) is 5.69 Å². The molecule has 0 unspecified atom stereocenters. The second kappa shape index (κ2) is 8.58. The van der Waals surface area contributed by atoms with Crippen LogP contribution >= 0.6 is 0 Å². The topological polar surface area (TPSA) is 67.2 Å². The summed E-state index contributed by atoms with van der Waals surface area (Å²) in [5, 5.41) is 6.48. The summed E-state index contributed by atoms with van der Waals surface area (Å²) in [6.07, 6.45) is 0. The van der Waals surface area contributed by atoms with E-state index in [2.05, 4.69) is 10.4 Å². The lowest BCUT2D eigenvalue weighted by Crippen LogP contribution is -2.35. The van der Waals surface area contributed by atoms with Gasteiger partial charge in [0.15, 0.2) is 5.82 Å². The van der Waals surface area contributed by atoms with Crippen molar-refractivity contribution in [3.63, 3.8) is 0 Å². The fraction of sp³-hybridized carbons (Fsp3) is 0.190. The van der Waals surface area contributed by atoms with Crippen LogP contribution in [-0.4, -0.2) is 40.1 Å². The molecule has 0 aliphatic heterocycles. The lowest BCUT2D eigenvalue weighted by atomic mass is 10.1. The lowest BCUT2D eigenvalue weighted by Gasteiger charge is -2.17. The van der Waals surface area contributed by atoms with Gasteiger partial charge < -0.3 is 10.2 Å². The molecule has 6 nitrogen and oxygen atoms in total. The van der Waals surface area contributed by atoms with Crippen molar-refractivity contribution in [1.82, 2.24) is 14.7 Å².